The van der Waals surface area contributed by atoms with Crippen molar-refractivity contribution in [2.75, 3.05) is 0 Å². The van der Waals surface area contributed by atoms with Crippen molar-refractivity contribution in [2.24, 2.45) is 0 Å². The molecule has 1 aromatic rings. The fourth-order valence-electron chi connectivity index (χ4n) is 4.66. The van der Waals surface area contributed by atoms with Crippen molar-refractivity contribution in [3.63, 3.8) is 0 Å². The van der Waals surface area contributed by atoms with E-state index in [1.807, 2.05) is 0 Å². The minimum Gasteiger partial charge on any atom is -1.00 e. The van der Waals surface area contributed by atoms with Gasteiger partial charge in [-0.1, -0.05) is 0 Å². The van der Waals surface area contributed by atoms with E-state index in [9.17, 15) is 0 Å². The topological polar surface area (TPSA) is 0 Å². The van der Waals surface area contributed by atoms with Crippen LogP contribution in [0.5, 0.6) is 0 Å². The van der Waals surface area contributed by atoms with Crippen LogP contribution in [-0.2, 0) is 20.4 Å². The van der Waals surface area contributed by atoms with Crippen molar-refractivity contribution in [1.82, 2.24) is 0 Å². The standard InChI is InChI=1S/C9H7.C9H13.C4H10Si.2ClH.Zr/c1-2-5-9-7-3-6-8(9)4-1;1-6-5-7(2)9(4)8(6)3;1-3-4-5-2;;;/h1-7H;5H,1-4H3;3-4H2,1-2H3;2*1H;/q;;;;;+2/p-2. The fraction of sp³-hybridized carbons (Fsp3) is 0.455. The number of hydrogen-bond acceptors (Lipinski definition) is 0. The van der Waals surface area contributed by atoms with Gasteiger partial charge in [-0.05, 0) is 0 Å². The van der Waals surface area contributed by atoms with Crippen molar-refractivity contribution in [3.8, 4) is 0 Å². The minimum absolute atomic E-state index is 0. The summed E-state index contributed by atoms with van der Waals surface area (Å²) in [7, 11) is 0. The maximum atomic E-state index is 2.67. The number of hydrogen-bond donors (Lipinski definition) is 0. The smallest absolute Gasteiger partial charge is 1.00 e. The zero-order valence-electron chi connectivity index (χ0n) is 16.8. The fourth-order valence-corrected chi connectivity index (χ4v) is 30.5. The van der Waals surface area contributed by atoms with E-state index in [0.717, 1.165) is 3.63 Å². The number of fused-ring (bicyclic) bond motifs is 1. The zero-order chi connectivity index (χ0) is 17.5. The molecular formula is C22H30Cl2SiZr. The average molecular weight is 485 g/mol. The second kappa shape index (κ2) is 9.55. The van der Waals surface area contributed by atoms with Crippen LogP contribution in [0.3, 0.4) is 0 Å². The summed E-state index contributed by atoms with van der Waals surface area (Å²) >= 11 is -1.79. The molecule has 2 aliphatic rings. The third-order valence-corrected chi connectivity index (χ3v) is 28.7. The van der Waals surface area contributed by atoms with Crippen LogP contribution in [0.4, 0.5) is 0 Å². The monoisotopic (exact) mass is 482 g/mol. The predicted molar refractivity (Wildman–Crippen MR) is 105 cm³/mol. The van der Waals surface area contributed by atoms with Gasteiger partial charge >= 0.3 is 157 Å². The van der Waals surface area contributed by atoms with Crippen LogP contribution in [0, 0.1) is 0 Å². The van der Waals surface area contributed by atoms with Gasteiger partial charge in [0.2, 0.25) is 0 Å². The molecule has 2 aliphatic carbocycles. The van der Waals surface area contributed by atoms with Crippen molar-refractivity contribution in [1.29, 1.82) is 0 Å². The van der Waals surface area contributed by atoms with Crippen molar-refractivity contribution >= 4 is 11.5 Å². The summed E-state index contributed by atoms with van der Waals surface area (Å²) in [5.74, 6) is 0. The molecule has 0 bridgehead atoms. The normalized spacial score (nSPS) is 23.8. The molecule has 0 fully saturated rings. The Morgan fingerprint density at radius 3 is 2.35 bits per heavy atom. The van der Waals surface area contributed by atoms with E-state index < -0.39 is 20.4 Å². The molecule has 3 rings (SSSR count). The molecule has 0 nitrogen and oxygen atoms in total. The van der Waals surface area contributed by atoms with Crippen molar-refractivity contribution in [3.05, 3.63) is 64.3 Å². The van der Waals surface area contributed by atoms with Gasteiger partial charge < -0.3 is 24.8 Å². The van der Waals surface area contributed by atoms with Crippen LogP contribution in [0.25, 0.3) is 6.08 Å². The first kappa shape index (κ1) is 24.2. The summed E-state index contributed by atoms with van der Waals surface area (Å²) in [6.07, 6.45) is 9.01. The van der Waals surface area contributed by atoms with Gasteiger partial charge in [0, 0.05) is 0 Å². The Morgan fingerprint density at radius 1 is 1.12 bits per heavy atom. The van der Waals surface area contributed by atoms with Gasteiger partial charge in [-0.2, -0.15) is 0 Å². The molecule has 0 N–H and O–H groups in total. The molecule has 2 atom stereocenters. The quantitative estimate of drug-likeness (QED) is 0.557. The Labute approximate surface area is 180 Å². The van der Waals surface area contributed by atoms with Crippen LogP contribution in [0.2, 0.25) is 15.7 Å². The summed E-state index contributed by atoms with van der Waals surface area (Å²) in [4.78, 5) is 0. The summed E-state index contributed by atoms with van der Waals surface area (Å²) in [6.45, 7) is 14.7. The summed E-state index contributed by atoms with van der Waals surface area (Å²) in [5.41, 5.74) is 7.65. The molecule has 140 valence electrons. The second-order valence-electron chi connectivity index (χ2n) is 7.69. The Morgan fingerprint density at radius 2 is 1.77 bits per heavy atom. The maximum Gasteiger partial charge on any atom is -1.00 e. The summed E-state index contributed by atoms with van der Waals surface area (Å²) < 4.78 is 1.17. The Kier molecular flexibility index (Phi) is 8.87. The molecular weight excluding hydrogens is 454 g/mol. The Balaban J connectivity index is 0.00000169. The molecule has 26 heavy (non-hydrogen) atoms. The van der Waals surface area contributed by atoms with Gasteiger partial charge in [0.1, 0.15) is 0 Å². The third kappa shape index (κ3) is 4.09. The first-order valence-corrected chi connectivity index (χ1v) is 17.8. The molecule has 0 spiro atoms. The number of allylic oxidation sites excluding steroid dienone is 5. The molecule has 0 heterocycles. The molecule has 0 radical (unpaired) electrons. The van der Waals surface area contributed by atoms with E-state index in [1.54, 1.807) is 16.7 Å². The molecule has 1 aromatic carbocycles. The number of benzene rings is 1. The molecule has 0 amide bonds. The van der Waals surface area contributed by atoms with E-state index in [4.69, 9.17) is 0 Å². The van der Waals surface area contributed by atoms with E-state index in [-0.39, 0.29) is 30.2 Å². The van der Waals surface area contributed by atoms with Gasteiger partial charge in [0.05, 0.1) is 0 Å². The summed E-state index contributed by atoms with van der Waals surface area (Å²) in [6, 6.07) is 10.6. The van der Waals surface area contributed by atoms with Crippen LogP contribution >= 0.6 is 0 Å². The van der Waals surface area contributed by atoms with Gasteiger partial charge in [-0.25, -0.2) is 0 Å². The number of halogens is 2. The first-order chi connectivity index (χ1) is 11.4. The van der Waals surface area contributed by atoms with Gasteiger partial charge in [0.15, 0.2) is 0 Å². The van der Waals surface area contributed by atoms with Crippen LogP contribution in [-0.4, -0.2) is 5.43 Å². The molecule has 0 aliphatic heterocycles. The van der Waals surface area contributed by atoms with Gasteiger partial charge in [-0.15, -0.1) is 0 Å². The second-order valence-corrected chi connectivity index (χ2v) is 25.3. The van der Waals surface area contributed by atoms with Gasteiger partial charge in [0.25, 0.3) is 0 Å². The van der Waals surface area contributed by atoms with Crippen molar-refractivity contribution < 1.29 is 45.2 Å². The SMILES string of the molecule is CCC[Si](C)=[Zr+2]([CH]1C=Cc2ccccc21)[C]1(C)C=C(C)C(C)=C1C.[Cl-].[Cl-]. The molecule has 2 unspecified atom stereocenters. The zero-order valence-corrected chi connectivity index (χ0v) is 21.8. The maximum absolute atomic E-state index is 2.67. The van der Waals surface area contributed by atoms with Crippen LogP contribution < -0.4 is 24.8 Å². The molecule has 0 saturated carbocycles. The predicted octanol–water partition coefficient (Wildman–Crippen LogP) is 0.887. The number of rotatable bonds is 4. The van der Waals surface area contributed by atoms with E-state index in [1.165, 1.54) is 23.6 Å². The van der Waals surface area contributed by atoms with Gasteiger partial charge in [-0.3, -0.25) is 0 Å². The first-order valence-electron chi connectivity index (χ1n) is 9.25. The third-order valence-electron chi connectivity index (χ3n) is 6.19. The van der Waals surface area contributed by atoms with Crippen molar-refractivity contribution in [2.45, 2.75) is 60.4 Å². The largest absolute Gasteiger partial charge is 1.00 e. The molecule has 4 heteroatoms. The van der Waals surface area contributed by atoms with E-state index in [0.29, 0.717) is 3.12 Å². The van der Waals surface area contributed by atoms with Crippen LogP contribution in [0.15, 0.2) is 53.1 Å². The molecule has 0 aromatic heterocycles. The Hall–Kier alpha value is 0.120. The minimum atomic E-state index is -1.79. The van der Waals surface area contributed by atoms with Crippen LogP contribution in [0.1, 0.15) is 55.8 Å². The average Bonchev–Trinajstić information content (AvgIpc) is 3.05. The Bertz CT molecular complexity index is 804. The van der Waals surface area contributed by atoms with E-state index >= 15 is 0 Å². The summed E-state index contributed by atoms with van der Waals surface area (Å²) in [5, 5.41) is 0. The molecule has 0 saturated heterocycles. The van der Waals surface area contributed by atoms with E-state index in [2.05, 4.69) is 83.7 Å².